The molecule has 1 aromatic carbocycles. The summed E-state index contributed by atoms with van der Waals surface area (Å²) in [6.45, 7) is 4.88. The number of nitrogens with zero attached hydrogens (tertiary/aromatic N) is 2. The van der Waals surface area contributed by atoms with Gasteiger partial charge in [0.15, 0.2) is 0 Å². The van der Waals surface area contributed by atoms with Crippen molar-refractivity contribution in [1.29, 1.82) is 0 Å². The number of fused-ring (bicyclic) bond motifs is 1. The fourth-order valence-electron chi connectivity index (χ4n) is 3.56. The molecule has 0 bridgehead atoms. The van der Waals surface area contributed by atoms with E-state index in [0.29, 0.717) is 12.6 Å². The Hall–Kier alpha value is -2.82. The number of nitrogens with one attached hydrogen (secondary N) is 2. The minimum absolute atomic E-state index is 0.00854. The van der Waals surface area contributed by atoms with Gasteiger partial charge in [-0.25, -0.2) is 4.79 Å². The lowest BCUT2D eigenvalue weighted by molar-refractivity contribution is 0.184. The van der Waals surface area contributed by atoms with Gasteiger partial charge in [0, 0.05) is 36.7 Å². The van der Waals surface area contributed by atoms with Crippen LogP contribution < -0.4 is 5.32 Å². The van der Waals surface area contributed by atoms with Crippen LogP contribution >= 0.6 is 0 Å². The van der Waals surface area contributed by atoms with E-state index in [1.165, 1.54) is 5.39 Å². The van der Waals surface area contributed by atoms with Crippen molar-refractivity contribution in [1.82, 2.24) is 20.2 Å². The minimum Gasteiger partial charge on any atom is -0.361 e. The van der Waals surface area contributed by atoms with Gasteiger partial charge in [0.2, 0.25) is 0 Å². The van der Waals surface area contributed by atoms with E-state index in [-0.39, 0.29) is 18.0 Å². The molecular weight excluding hydrogens is 336 g/mol. The normalized spacial score (nSPS) is 15.1. The van der Waals surface area contributed by atoms with E-state index >= 15 is 0 Å². The van der Waals surface area contributed by atoms with Crippen LogP contribution in [0.3, 0.4) is 0 Å². The zero-order valence-electron chi connectivity index (χ0n) is 15.9. The number of H-pyrrole nitrogens is 1. The van der Waals surface area contributed by atoms with Crippen molar-refractivity contribution in [3.63, 3.8) is 0 Å². The number of rotatable bonds is 6. The van der Waals surface area contributed by atoms with E-state index in [1.807, 2.05) is 29.4 Å². The predicted molar refractivity (Wildman–Crippen MR) is 107 cm³/mol. The maximum absolute atomic E-state index is 13.1. The van der Waals surface area contributed by atoms with Crippen molar-refractivity contribution >= 4 is 16.9 Å². The summed E-state index contributed by atoms with van der Waals surface area (Å²) < 4.78 is 0. The van der Waals surface area contributed by atoms with Gasteiger partial charge in [-0.1, -0.05) is 26.0 Å². The van der Waals surface area contributed by atoms with Gasteiger partial charge in [-0.05, 0) is 59.5 Å². The quantitative estimate of drug-likeness (QED) is 0.671. The van der Waals surface area contributed by atoms with E-state index < -0.39 is 0 Å². The van der Waals surface area contributed by atoms with Crippen LogP contribution in [0.4, 0.5) is 4.79 Å². The Bertz CT molecular complexity index is 914. The lowest BCUT2D eigenvalue weighted by Gasteiger charge is -2.28. The van der Waals surface area contributed by atoms with E-state index in [0.717, 1.165) is 29.5 Å². The van der Waals surface area contributed by atoms with Gasteiger partial charge in [0.05, 0.1) is 6.04 Å². The fraction of sp³-hybridized carbons (Fsp3) is 0.364. The van der Waals surface area contributed by atoms with E-state index in [4.69, 9.17) is 0 Å². The number of hydrogen-bond donors (Lipinski definition) is 2. The molecule has 1 atom stereocenters. The molecule has 5 nitrogen and oxygen atoms in total. The number of urea groups is 1. The molecule has 0 saturated heterocycles. The van der Waals surface area contributed by atoms with Gasteiger partial charge >= 0.3 is 6.03 Å². The van der Waals surface area contributed by atoms with E-state index in [2.05, 4.69) is 53.4 Å². The van der Waals surface area contributed by atoms with Crippen LogP contribution in [0.5, 0.6) is 0 Å². The van der Waals surface area contributed by atoms with Gasteiger partial charge in [0.1, 0.15) is 0 Å². The molecule has 2 heterocycles. The fourth-order valence-corrected chi connectivity index (χ4v) is 3.56. The van der Waals surface area contributed by atoms with Crippen molar-refractivity contribution in [2.24, 2.45) is 5.92 Å². The molecule has 1 aliphatic rings. The summed E-state index contributed by atoms with van der Waals surface area (Å²) in [6.07, 6.45) is 7.71. The minimum atomic E-state index is -0.0420. The van der Waals surface area contributed by atoms with Gasteiger partial charge in [-0.2, -0.15) is 0 Å². The second-order valence-corrected chi connectivity index (χ2v) is 7.72. The molecule has 2 amide bonds. The molecule has 0 spiro atoms. The summed E-state index contributed by atoms with van der Waals surface area (Å²) in [5.41, 5.74) is 3.33. The Morgan fingerprint density at radius 1 is 1.30 bits per heavy atom. The molecule has 2 N–H and O–H groups in total. The predicted octanol–water partition coefficient (Wildman–Crippen LogP) is 4.63. The average Bonchev–Trinajstić information content (AvgIpc) is 3.41. The van der Waals surface area contributed by atoms with Crippen LogP contribution in [0.15, 0.2) is 55.0 Å². The standard InChI is InChI=1S/C22H26N4O/c1-15(2)21(18-4-3-10-23-13-18)25-22(27)26(19-6-7-19)14-16-5-8-20-17(12-16)9-11-24-20/h3-5,8-13,15,19,21,24H,6-7,14H2,1-2H3,(H,25,27)/t21-/m1/s1. The third kappa shape index (κ3) is 3.97. The molecular formula is C22H26N4O. The molecule has 4 rings (SSSR count). The third-order valence-electron chi connectivity index (χ3n) is 5.21. The molecule has 1 fully saturated rings. The van der Waals surface area contributed by atoms with E-state index in [9.17, 15) is 4.79 Å². The third-order valence-corrected chi connectivity index (χ3v) is 5.21. The number of carbonyl (C=O) groups excluding carboxylic acids is 1. The number of aromatic nitrogens is 2. The molecule has 2 aromatic heterocycles. The van der Waals surface area contributed by atoms with Gasteiger partial charge in [-0.15, -0.1) is 0 Å². The number of hydrogen-bond acceptors (Lipinski definition) is 2. The van der Waals surface area contributed by atoms with Crippen molar-refractivity contribution in [3.05, 3.63) is 66.1 Å². The molecule has 0 aliphatic heterocycles. The maximum Gasteiger partial charge on any atom is 0.318 e. The number of pyridine rings is 1. The first-order valence-electron chi connectivity index (χ1n) is 9.65. The lowest BCUT2D eigenvalue weighted by Crippen LogP contribution is -2.43. The van der Waals surface area contributed by atoms with Gasteiger partial charge in [0.25, 0.3) is 0 Å². The molecule has 0 radical (unpaired) electrons. The molecule has 1 saturated carbocycles. The van der Waals surface area contributed by atoms with Crippen LogP contribution in [-0.4, -0.2) is 26.9 Å². The molecule has 3 aromatic rings. The van der Waals surface area contributed by atoms with Crippen molar-refractivity contribution in [2.75, 3.05) is 0 Å². The summed E-state index contributed by atoms with van der Waals surface area (Å²) in [5.74, 6) is 0.287. The molecule has 140 valence electrons. The molecule has 27 heavy (non-hydrogen) atoms. The highest BCUT2D eigenvalue weighted by Crippen LogP contribution is 2.30. The highest BCUT2D eigenvalue weighted by molar-refractivity contribution is 5.80. The second-order valence-electron chi connectivity index (χ2n) is 7.72. The summed E-state index contributed by atoms with van der Waals surface area (Å²) in [4.78, 5) is 22.5. The first-order valence-corrected chi connectivity index (χ1v) is 9.65. The number of benzene rings is 1. The largest absolute Gasteiger partial charge is 0.361 e. The van der Waals surface area contributed by atoms with Crippen LogP contribution in [-0.2, 0) is 6.54 Å². The SMILES string of the molecule is CC(C)[C@@H](NC(=O)N(Cc1ccc2[nH]ccc2c1)C1CC1)c1cccnc1. The second kappa shape index (κ2) is 7.43. The zero-order chi connectivity index (χ0) is 18.8. The monoisotopic (exact) mass is 362 g/mol. The zero-order valence-corrected chi connectivity index (χ0v) is 15.9. The Morgan fingerprint density at radius 3 is 2.85 bits per heavy atom. The van der Waals surface area contributed by atoms with Crippen LogP contribution in [0, 0.1) is 5.92 Å². The smallest absolute Gasteiger partial charge is 0.318 e. The van der Waals surface area contributed by atoms with Crippen LogP contribution in [0.2, 0.25) is 0 Å². The molecule has 0 unspecified atom stereocenters. The van der Waals surface area contributed by atoms with Crippen LogP contribution in [0.25, 0.3) is 10.9 Å². The van der Waals surface area contributed by atoms with Gasteiger partial charge < -0.3 is 15.2 Å². The van der Waals surface area contributed by atoms with Crippen molar-refractivity contribution < 1.29 is 4.79 Å². The highest BCUT2D eigenvalue weighted by atomic mass is 16.2. The van der Waals surface area contributed by atoms with Gasteiger partial charge in [-0.3, -0.25) is 4.98 Å². The molecule has 1 aliphatic carbocycles. The van der Waals surface area contributed by atoms with Crippen LogP contribution in [0.1, 0.15) is 43.9 Å². The first-order chi connectivity index (χ1) is 13.1. The molecule has 5 heteroatoms. The Kier molecular flexibility index (Phi) is 4.84. The Morgan fingerprint density at radius 2 is 2.15 bits per heavy atom. The first kappa shape index (κ1) is 17.6. The highest BCUT2D eigenvalue weighted by Gasteiger charge is 2.34. The number of amides is 2. The summed E-state index contributed by atoms with van der Waals surface area (Å²) >= 11 is 0. The number of aromatic amines is 1. The maximum atomic E-state index is 13.1. The Balaban J connectivity index is 1.51. The van der Waals surface area contributed by atoms with Crippen molar-refractivity contribution in [3.8, 4) is 0 Å². The average molecular weight is 362 g/mol. The Labute approximate surface area is 159 Å². The summed E-state index contributed by atoms with van der Waals surface area (Å²) in [6, 6.07) is 12.7. The van der Waals surface area contributed by atoms with E-state index in [1.54, 1.807) is 6.20 Å². The summed E-state index contributed by atoms with van der Waals surface area (Å²) in [5, 5.41) is 4.43. The van der Waals surface area contributed by atoms with Crippen molar-refractivity contribution in [2.45, 2.75) is 45.3 Å². The number of carbonyl (C=O) groups is 1. The lowest BCUT2D eigenvalue weighted by atomic mass is 9.97. The summed E-state index contributed by atoms with van der Waals surface area (Å²) in [7, 11) is 0. The topological polar surface area (TPSA) is 61.0 Å².